The van der Waals surface area contributed by atoms with Crippen LogP contribution < -0.4 is 10.1 Å². The van der Waals surface area contributed by atoms with Crippen molar-refractivity contribution in [3.63, 3.8) is 0 Å². The van der Waals surface area contributed by atoms with Gasteiger partial charge in [-0.2, -0.15) is 10.2 Å². The van der Waals surface area contributed by atoms with Gasteiger partial charge in [-0.1, -0.05) is 12.1 Å². The minimum Gasteiger partial charge on any atom is -0.471 e. The Hall–Kier alpha value is -3.09. The fourth-order valence-electron chi connectivity index (χ4n) is 2.68. The van der Waals surface area contributed by atoms with E-state index in [1.807, 2.05) is 62.8 Å². The largest absolute Gasteiger partial charge is 0.471 e. The van der Waals surface area contributed by atoms with Gasteiger partial charge in [0.05, 0.1) is 11.7 Å². The Morgan fingerprint density at radius 2 is 1.93 bits per heavy atom. The lowest BCUT2D eigenvalue weighted by Crippen LogP contribution is -2.27. The SMILES string of the molecule is CCn1ccc(C(C)NC(=O)c2ccn(COc3cc(C)ccc3C)n2)n1. The van der Waals surface area contributed by atoms with Gasteiger partial charge in [-0.05, 0) is 57.0 Å². The number of nitrogens with one attached hydrogen (secondary N) is 1. The van der Waals surface area contributed by atoms with Crippen molar-refractivity contribution in [1.29, 1.82) is 0 Å². The van der Waals surface area contributed by atoms with Crippen LogP contribution in [-0.4, -0.2) is 25.5 Å². The molecule has 0 fully saturated rings. The van der Waals surface area contributed by atoms with Gasteiger partial charge in [0.1, 0.15) is 11.4 Å². The molecule has 0 saturated heterocycles. The summed E-state index contributed by atoms with van der Waals surface area (Å²) in [5, 5.41) is 11.6. The quantitative estimate of drug-likeness (QED) is 0.696. The molecule has 1 N–H and O–H groups in total. The third-order valence-corrected chi connectivity index (χ3v) is 4.35. The smallest absolute Gasteiger partial charge is 0.272 e. The summed E-state index contributed by atoms with van der Waals surface area (Å²) in [5.74, 6) is 0.579. The van der Waals surface area contributed by atoms with E-state index < -0.39 is 0 Å². The molecular formula is C20H25N5O2. The van der Waals surface area contributed by atoms with Crippen molar-refractivity contribution in [3.05, 3.63) is 65.2 Å². The second-order valence-corrected chi connectivity index (χ2v) is 6.57. The zero-order valence-electron chi connectivity index (χ0n) is 16.1. The Morgan fingerprint density at radius 1 is 1.15 bits per heavy atom. The van der Waals surface area contributed by atoms with E-state index in [0.29, 0.717) is 5.69 Å². The first-order chi connectivity index (χ1) is 13.0. The summed E-state index contributed by atoms with van der Waals surface area (Å²) in [5.41, 5.74) is 3.37. The molecule has 0 aliphatic carbocycles. The number of hydrogen-bond donors (Lipinski definition) is 1. The number of hydrogen-bond acceptors (Lipinski definition) is 4. The normalized spacial score (nSPS) is 12.0. The van der Waals surface area contributed by atoms with Crippen molar-refractivity contribution < 1.29 is 9.53 Å². The Balaban J connectivity index is 1.59. The third kappa shape index (κ3) is 4.55. The maximum absolute atomic E-state index is 12.4. The van der Waals surface area contributed by atoms with Crippen LogP contribution in [0.4, 0.5) is 0 Å². The van der Waals surface area contributed by atoms with E-state index in [9.17, 15) is 4.79 Å². The standard InChI is InChI=1S/C20H25N5O2/c1-5-24-10-8-17(22-24)16(4)21-20(26)18-9-11-25(23-18)13-27-19-12-14(2)6-7-15(19)3/h6-12,16H,5,13H2,1-4H3,(H,21,26). The van der Waals surface area contributed by atoms with Crippen LogP contribution in [0.2, 0.25) is 0 Å². The zero-order chi connectivity index (χ0) is 19.4. The van der Waals surface area contributed by atoms with Crippen molar-refractivity contribution in [2.75, 3.05) is 0 Å². The first-order valence-electron chi connectivity index (χ1n) is 9.04. The van der Waals surface area contributed by atoms with E-state index in [4.69, 9.17) is 4.74 Å². The highest BCUT2D eigenvalue weighted by atomic mass is 16.5. The molecule has 2 aromatic heterocycles. The van der Waals surface area contributed by atoms with Crippen LogP contribution in [0, 0.1) is 13.8 Å². The number of rotatable bonds is 7. The van der Waals surface area contributed by atoms with Gasteiger partial charge < -0.3 is 10.1 Å². The highest BCUT2D eigenvalue weighted by molar-refractivity contribution is 5.92. The van der Waals surface area contributed by atoms with Crippen LogP contribution in [0.15, 0.2) is 42.7 Å². The summed E-state index contributed by atoms with van der Waals surface area (Å²) in [6.45, 7) is 8.98. The molecule has 27 heavy (non-hydrogen) atoms. The van der Waals surface area contributed by atoms with Crippen molar-refractivity contribution in [3.8, 4) is 5.75 Å². The molecule has 0 saturated carbocycles. The number of benzene rings is 1. The van der Waals surface area contributed by atoms with Gasteiger partial charge in [-0.25, -0.2) is 4.68 Å². The van der Waals surface area contributed by atoms with Gasteiger partial charge in [-0.3, -0.25) is 9.48 Å². The maximum atomic E-state index is 12.4. The summed E-state index contributed by atoms with van der Waals surface area (Å²) >= 11 is 0. The molecule has 0 aliphatic rings. The number of aromatic nitrogens is 4. The first kappa shape index (κ1) is 18.7. The van der Waals surface area contributed by atoms with E-state index in [0.717, 1.165) is 29.1 Å². The summed E-state index contributed by atoms with van der Waals surface area (Å²) < 4.78 is 9.25. The highest BCUT2D eigenvalue weighted by Gasteiger charge is 2.16. The van der Waals surface area contributed by atoms with Gasteiger partial charge in [-0.15, -0.1) is 0 Å². The average Bonchev–Trinajstić information content (AvgIpc) is 3.31. The fraction of sp³-hybridized carbons (Fsp3) is 0.350. The van der Waals surface area contributed by atoms with Crippen LogP contribution in [0.5, 0.6) is 5.75 Å². The molecule has 7 nitrogen and oxygen atoms in total. The molecule has 1 unspecified atom stereocenters. The van der Waals surface area contributed by atoms with Crippen molar-refractivity contribution in [1.82, 2.24) is 24.9 Å². The van der Waals surface area contributed by atoms with Gasteiger partial charge in [0.15, 0.2) is 6.73 Å². The molecule has 3 aromatic rings. The van der Waals surface area contributed by atoms with Crippen LogP contribution in [0.3, 0.4) is 0 Å². The number of carbonyl (C=O) groups is 1. The van der Waals surface area contributed by atoms with E-state index >= 15 is 0 Å². The Kier molecular flexibility index (Phi) is 5.59. The minimum absolute atomic E-state index is 0.193. The average molecular weight is 367 g/mol. The molecule has 0 bridgehead atoms. The maximum Gasteiger partial charge on any atom is 0.272 e. The van der Waals surface area contributed by atoms with Gasteiger partial charge in [0.25, 0.3) is 5.91 Å². The first-order valence-corrected chi connectivity index (χ1v) is 9.04. The van der Waals surface area contributed by atoms with Crippen molar-refractivity contribution in [2.24, 2.45) is 0 Å². The molecule has 7 heteroatoms. The van der Waals surface area contributed by atoms with Crippen LogP contribution in [-0.2, 0) is 13.3 Å². The summed E-state index contributed by atoms with van der Waals surface area (Å²) in [7, 11) is 0. The predicted octanol–water partition coefficient (Wildman–Crippen LogP) is 3.24. The second-order valence-electron chi connectivity index (χ2n) is 6.57. The Bertz CT molecular complexity index is 928. The van der Waals surface area contributed by atoms with E-state index in [1.165, 1.54) is 0 Å². The summed E-state index contributed by atoms with van der Waals surface area (Å²) in [4.78, 5) is 12.4. The van der Waals surface area contributed by atoms with E-state index in [2.05, 4.69) is 15.5 Å². The van der Waals surface area contributed by atoms with Crippen molar-refractivity contribution in [2.45, 2.75) is 47.0 Å². The highest BCUT2D eigenvalue weighted by Crippen LogP contribution is 2.19. The number of carbonyl (C=O) groups excluding carboxylic acids is 1. The molecule has 0 aliphatic heterocycles. The van der Waals surface area contributed by atoms with E-state index in [-0.39, 0.29) is 18.7 Å². The molecule has 0 spiro atoms. The molecule has 0 radical (unpaired) electrons. The topological polar surface area (TPSA) is 74.0 Å². The fourth-order valence-corrected chi connectivity index (χ4v) is 2.68. The Morgan fingerprint density at radius 3 is 2.67 bits per heavy atom. The molecular weight excluding hydrogens is 342 g/mol. The Labute approximate surface area is 159 Å². The summed E-state index contributed by atoms with van der Waals surface area (Å²) in [6, 6.07) is 9.45. The number of nitrogens with zero attached hydrogens (tertiary/aromatic N) is 4. The molecule has 1 amide bonds. The van der Waals surface area contributed by atoms with Crippen molar-refractivity contribution >= 4 is 5.91 Å². The van der Waals surface area contributed by atoms with Crippen LogP contribution in [0.1, 0.15) is 47.2 Å². The molecule has 1 atom stereocenters. The number of ether oxygens (including phenoxy) is 1. The molecule has 1 aromatic carbocycles. The lowest BCUT2D eigenvalue weighted by atomic mass is 10.1. The number of amides is 1. The third-order valence-electron chi connectivity index (χ3n) is 4.35. The van der Waals surface area contributed by atoms with Gasteiger partial charge in [0, 0.05) is 18.9 Å². The molecule has 3 rings (SSSR count). The minimum atomic E-state index is -0.237. The number of aryl methyl sites for hydroxylation is 3. The predicted molar refractivity (Wildman–Crippen MR) is 103 cm³/mol. The summed E-state index contributed by atoms with van der Waals surface area (Å²) in [6.07, 6.45) is 3.63. The second kappa shape index (κ2) is 8.07. The monoisotopic (exact) mass is 367 g/mol. The lowest BCUT2D eigenvalue weighted by Gasteiger charge is -2.11. The van der Waals surface area contributed by atoms with E-state index in [1.54, 1.807) is 16.9 Å². The van der Waals surface area contributed by atoms with Gasteiger partial charge >= 0.3 is 0 Å². The van der Waals surface area contributed by atoms with Crippen LogP contribution in [0.25, 0.3) is 0 Å². The zero-order valence-corrected chi connectivity index (χ0v) is 16.1. The lowest BCUT2D eigenvalue weighted by molar-refractivity contribution is 0.0932. The van der Waals surface area contributed by atoms with Crippen LogP contribution >= 0.6 is 0 Å². The molecule has 142 valence electrons. The van der Waals surface area contributed by atoms with Gasteiger partial charge in [0.2, 0.25) is 0 Å². The molecule has 2 heterocycles.